The zero-order chi connectivity index (χ0) is 19.9. The lowest BCUT2D eigenvalue weighted by Crippen LogP contribution is -2.37. The molecule has 1 aromatic heterocycles. The Morgan fingerprint density at radius 1 is 1.04 bits per heavy atom. The van der Waals surface area contributed by atoms with Gasteiger partial charge < -0.3 is 10.7 Å². The molecular formula is C19H15F4N5. The Balaban J connectivity index is 1.84. The highest BCUT2D eigenvalue weighted by atomic mass is 19.3. The van der Waals surface area contributed by atoms with Gasteiger partial charge in [-0.05, 0) is 49.4 Å². The van der Waals surface area contributed by atoms with Crippen molar-refractivity contribution in [3.8, 4) is 0 Å². The predicted octanol–water partition coefficient (Wildman–Crippen LogP) is 3.80. The molecule has 0 aliphatic carbocycles. The second kappa shape index (κ2) is 6.75. The maximum atomic E-state index is 15.0. The molecule has 2 aromatic carbocycles. The largest absolute Gasteiger partial charge is 0.349 e. The summed E-state index contributed by atoms with van der Waals surface area (Å²) in [7, 11) is 0. The maximum absolute atomic E-state index is 15.0. The minimum absolute atomic E-state index is 0.0477. The molecule has 0 radical (unpaired) electrons. The van der Waals surface area contributed by atoms with Gasteiger partial charge in [-0.25, -0.2) is 24.2 Å². The van der Waals surface area contributed by atoms with Gasteiger partial charge in [0.2, 0.25) is 5.82 Å². The fourth-order valence-electron chi connectivity index (χ4n) is 2.91. The molecule has 28 heavy (non-hydrogen) atoms. The van der Waals surface area contributed by atoms with Gasteiger partial charge in [0.1, 0.15) is 29.1 Å². The summed E-state index contributed by atoms with van der Waals surface area (Å²) in [6.45, 7) is 1.82. The second-order valence-electron chi connectivity index (χ2n) is 6.35. The van der Waals surface area contributed by atoms with Gasteiger partial charge in [-0.1, -0.05) is 6.07 Å². The van der Waals surface area contributed by atoms with Gasteiger partial charge in [0.15, 0.2) is 0 Å². The van der Waals surface area contributed by atoms with Gasteiger partial charge in [-0.15, -0.1) is 0 Å². The molecular weight excluding hydrogens is 374 g/mol. The Morgan fingerprint density at radius 3 is 2.46 bits per heavy atom. The number of hydrogen-bond donors (Lipinski definition) is 3. The van der Waals surface area contributed by atoms with E-state index in [0.717, 1.165) is 36.0 Å². The Morgan fingerprint density at radius 2 is 1.79 bits per heavy atom. The van der Waals surface area contributed by atoms with Crippen LogP contribution in [0.1, 0.15) is 18.3 Å². The first kappa shape index (κ1) is 18.2. The first-order valence-electron chi connectivity index (χ1n) is 8.42. The number of fused-ring (bicyclic) bond motifs is 1. The van der Waals surface area contributed by atoms with E-state index in [4.69, 9.17) is 0 Å². The minimum atomic E-state index is -3.65. The molecule has 0 saturated heterocycles. The molecule has 1 aliphatic heterocycles. The SMILES string of the molecule is CC1=CC(Nc2nc(C(F)(F)c3ccc(F)cc3)nc3c(F)cccc23)NN1. The summed E-state index contributed by atoms with van der Waals surface area (Å²) in [5.41, 5.74) is 5.87. The predicted molar refractivity (Wildman–Crippen MR) is 96.3 cm³/mol. The van der Waals surface area contributed by atoms with Crippen molar-refractivity contribution in [3.63, 3.8) is 0 Å². The molecule has 0 amide bonds. The number of nitrogens with one attached hydrogen (secondary N) is 3. The van der Waals surface area contributed by atoms with Crippen LogP contribution in [0.4, 0.5) is 23.4 Å². The molecule has 0 fully saturated rings. The number of hydrogen-bond acceptors (Lipinski definition) is 5. The van der Waals surface area contributed by atoms with Crippen LogP contribution in [0.15, 0.2) is 54.2 Å². The fraction of sp³-hybridized carbons (Fsp3) is 0.158. The normalized spacial score (nSPS) is 16.8. The van der Waals surface area contributed by atoms with E-state index in [1.807, 2.05) is 6.92 Å². The van der Waals surface area contributed by atoms with Crippen molar-refractivity contribution >= 4 is 16.7 Å². The quantitative estimate of drug-likeness (QED) is 0.593. The second-order valence-corrected chi connectivity index (χ2v) is 6.35. The van der Waals surface area contributed by atoms with Crippen molar-refractivity contribution in [3.05, 3.63) is 77.3 Å². The third kappa shape index (κ3) is 3.24. The number of anilines is 1. The number of benzene rings is 2. The number of aromatic nitrogens is 2. The van der Waals surface area contributed by atoms with Gasteiger partial charge in [-0.2, -0.15) is 8.78 Å². The highest BCUT2D eigenvalue weighted by Crippen LogP contribution is 2.36. The summed E-state index contributed by atoms with van der Waals surface area (Å²) in [6.07, 6.45) is 1.35. The van der Waals surface area contributed by atoms with Crippen LogP contribution in [-0.2, 0) is 5.92 Å². The summed E-state index contributed by atoms with van der Waals surface area (Å²) in [5.74, 6) is -5.87. The van der Waals surface area contributed by atoms with Crippen LogP contribution in [-0.4, -0.2) is 16.1 Å². The fourth-order valence-corrected chi connectivity index (χ4v) is 2.91. The number of nitrogens with zero attached hydrogens (tertiary/aromatic N) is 2. The van der Waals surface area contributed by atoms with E-state index in [9.17, 15) is 17.6 Å². The molecule has 1 aliphatic rings. The molecule has 9 heteroatoms. The van der Waals surface area contributed by atoms with E-state index >= 15 is 0 Å². The summed E-state index contributed by atoms with van der Waals surface area (Å²) in [6, 6.07) is 7.87. The number of allylic oxidation sites excluding steroid dienone is 1. The molecule has 144 valence electrons. The van der Waals surface area contributed by atoms with Crippen LogP contribution in [0.25, 0.3) is 10.9 Å². The molecule has 1 unspecified atom stereocenters. The molecule has 0 spiro atoms. The zero-order valence-electron chi connectivity index (χ0n) is 14.6. The third-order valence-corrected chi connectivity index (χ3v) is 4.30. The summed E-state index contributed by atoms with van der Waals surface area (Å²) in [4.78, 5) is 7.75. The molecule has 3 aromatic rings. The third-order valence-electron chi connectivity index (χ3n) is 4.30. The smallest absolute Gasteiger partial charge is 0.331 e. The Kier molecular flexibility index (Phi) is 4.38. The summed E-state index contributed by atoms with van der Waals surface area (Å²) in [5, 5.41) is 3.22. The number of para-hydroxylation sites is 1. The van der Waals surface area contributed by atoms with E-state index in [0.29, 0.717) is 0 Å². The highest BCUT2D eigenvalue weighted by molar-refractivity contribution is 5.89. The van der Waals surface area contributed by atoms with Gasteiger partial charge in [0.05, 0.1) is 0 Å². The molecule has 5 nitrogen and oxygen atoms in total. The van der Waals surface area contributed by atoms with Crippen LogP contribution >= 0.6 is 0 Å². The van der Waals surface area contributed by atoms with Crippen LogP contribution in [0.3, 0.4) is 0 Å². The Labute approximate surface area is 157 Å². The average Bonchev–Trinajstić information content (AvgIpc) is 3.07. The van der Waals surface area contributed by atoms with E-state index < -0.39 is 35.1 Å². The molecule has 2 heterocycles. The van der Waals surface area contributed by atoms with Crippen molar-refractivity contribution in [2.75, 3.05) is 5.32 Å². The van der Waals surface area contributed by atoms with Gasteiger partial charge in [-0.3, -0.25) is 0 Å². The van der Waals surface area contributed by atoms with Crippen LogP contribution < -0.4 is 16.2 Å². The number of alkyl halides is 2. The number of hydrazine groups is 1. The number of rotatable bonds is 4. The topological polar surface area (TPSA) is 61.9 Å². The lowest BCUT2D eigenvalue weighted by atomic mass is 10.1. The van der Waals surface area contributed by atoms with Crippen LogP contribution in [0.2, 0.25) is 0 Å². The van der Waals surface area contributed by atoms with Crippen molar-refractivity contribution in [1.82, 2.24) is 20.8 Å². The molecule has 3 N–H and O–H groups in total. The van der Waals surface area contributed by atoms with Crippen molar-refractivity contribution < 1.29 is 17.6 Å². The summed E-state index contributed by atoms with van der Waals surface area (Å²) >= 11 is 0. The van der Waals surface area contributed by atoms with Crippen molar-refractivity contribution in [2.24, 2.45) is 0 Å². The molecule has 4 rings (SSSR count). The first-order valence-corrected chi connectivity index (χ1v) is 8.42. The Hall–Kier alpha value is -3.20. The standard InChI is InChI=1S/C19H15F4N5/c1-10-9-15(28-27-10)24-17-13-3-2-4-14(21)16(13)25-18(26-17)19(22,23)11-5-7-12(20)8-6-11/h2-9,15,27-28H,1H3,(H,24,25,26). The van der Waals surface area contributed by atoms with E-state index in [1.165, 1.54) is 6.07 Å². The van der Waals surface area contributed by atoms with Crippen molar-refractivity contribution in [2.45, 2.75) is 19.0 Å². The van der Waals surface area contributed by atoms with Crippen LogP contribution in [0.5, 0.6) is 0 Å². The van der Waals surface area contributed by atoms with Gasteiger partial charge >= 0.3 is 5.92 Å². The summed E-state index contributed by atoms with van der Waals surface area (Å²) < 4.78 is 57.4. The molecule has 0 saturated carbocycles. The van der Waals surface area contributed by atoms with Crippen molar-refractivity contribution in [1.29, 1.82) is 0 Å². The van der Waals surface area contributed by atoms with E-state index in [1.54, 1.807) is 12.1 Å². The number of halogens is 4. The lowest BCUT2D eigenvalue weighted by molar-refractivity contribution is 0.0332. The van der Waals surface area contributed by atoms with E-state index in [2.05, 4.69) is 26.1 Å². The first-order chi connectivity index (χ1) is 13.3. The highest BCUT2D eigenvalue weighted by Gasteiger charge is 2.38. The van der Waals surface area contributed by atoms with E-state index in [-0.39, 0.29) is 16.7 Å². The van der Waals surface area contributed by atoms with Gasteiger partial charge in [0, 0.05) is 16.6 Å². The minimum Gasteiger partial charge on any atom is -0.349 e. The monoisotopic (exact) mass is 389 g/mol. The maximum Gasteiger partial charge on any atom is 0.331 e. The molecule has 0 bridgehead atoms. The average molecular weight is 389 g/mol. The zero-order valence-corrected chi connectivity index (χ0v) is 14.6. The van der Waals surface area contributed by atoms with Gasteiger partial charge in [0.25, 0.3) is 0 Å². The Bertz CT molecular complexity index is 1070. The lowest BCUT2D eigenvalue weighted by Gasteiger charge is -2.19. The molecule has 1 atom stereocenters. The van der Waals surface area contributed by atoms with Crippen LogP contribution in [0, 0.1) is 11.6 Å².